The number of nitrogens with zero attached hydrogens (tertiary/aromatic N) is 3. The zero-order valence-corrected chi connectivity index (χ0v) is 13.4. The van der Waals surface area contributed by atoms with Gasteiger partial charge in [0.1, 0.15) is 0 Å². The maximum atomic E-state index is 13.0. The first-order valence-electron chi connectivity index (χ1n) is 7.35. The van der Waals surface area contributed by atoms with E-state index in [1.807, 2.05) is 18.2 Å². The van der Waals surface area contributed by atoms with Crippen LogP contribution in [0.5, 0.6) is 0 Å². The van der Waals surface area contributed by atoms with Crippen LogP contribution in [0.3, 0.4) is 0 Å². The number of hydrogen-bond acceptors (Lipinski definition) is 4. The van der Waals surface area contributed by atoms with Crippen molar-refractivity contribution in [2.75, 3.05) is 0 Å². The Morgan fingerprint density at radius 3 is 2.33 bits per heavy atom. The highest BCUT2D eigenvalue weighted by Gasteiger charge is 2.22. The van der Waals surface area contributed by atoms with Crippen molar-refractivity contribution in [3.8, 4) is 11.1 Å². The highest BCUT2D eigenvalue weighted by Crippen LogP contribution is 2.31. The van der Waals surface area contributed by atoms with Gasteiger partial charge in [-0.1, -0.05) is 18.2 Å². The van der Waals surface area contributed by atoms with Crippen LogP contribution in [-0.2, 0) is 10.0 Å². The minimum atomic E-state index is -3.71. The Morgan fingerprint density at radius 2 is 1.58 bits per heavy atom. The van der Waals surface area contributed by atoms with Crippen LogP contribution < -0.4 is 0 Å². The standard InChI is InChI=1S/C18H13N3O2S/c22-24(23,15-5-2-1-3-6-15)21-13-17(14-8-11-19-12-9-14)16-7-4-10-20-18(16)21/h1-13H. The third-order valence-electron chi connectivity index (χ3n) is 3.82. The normalized spacial score (nSPS) is 11.7. The summed E-state index contributed by atoms with van der Waals surface area (Å²) in [6.07, 6.45) is 6.58. The Bertz CT molecular complexity index is 1100. The molecule has 0 saturated heterocycles. The second-order valence-electron chi connectivity index (χ2n) is 5.27. The predicted molar refractivity (Wildman–Crippen MR) is 92.0 cm³/mol. The quantitative estimate of drug-likeness (QED) is 0.576. The molecule has 0 bridgehead atoms. The first kappa shape index (κ1) is 14.6. The average Bonchev–Trinajstić information content (AvgIpc) is 3.04. The van der Waals surface area contributed by atoms with E-state index in [4.69, 9.17) is 0 Å². The molecule has 0 unspecified atom stereocenters. The molecule has 24 heavy (non-hydrogen) atoms. The summed E-state index contributed by atoms with van der Waals surface area (Å²) in [4.78, 5) is 8.53. The Hall–Kier alpha value is -2.99. The summed E-state index contributed by atoms with van der Waals surface area (Å²) in [5.41, 5.74) is 2.11. The number of fused-ring (bicyclic) bond motifs is 1. The first-order chi connectivity index (χ1) is 11.7. The maximum absolute atomic E-state index is 13.0. The zero-order valence-electron chi connectivity index (χ0n) is 12.6. The lowest BCUT2D eigenvalue weighted by Gasteiger charge is -2.06. The van der Waals surface area contributed by atoms with E-state index in [9.17, 15) is 8.42 Å². The van der Waals surface area contributed by atoms with Crippen molar-refractivity contribution in [2.24, 2.45) is 0 Å². The van der Waals surface area contributed by atoms with Gasteiger partial charge in [0.05, 0.1) is 4.90 Å². The van der Waals surface area contributed by atoms with E-state index in [0.717, 1.165) is 16.5 Å². The molecular formula is C18H13N3O2S. The van der Waals surface area contributed by atoms with E-state index < -0.39 is 10.0 Å². The minimum absolute atomic E-state index is 0.230. The van der Waals surface area contributed by atoms with Crippen LogP contribution in [-0.4, -0.2) is 22.4 Å². The molecule has 0 N–H and O–H groups in total. The van der Waals surface area contributed by atoms with E-state index in [-0.39, 0.29) is 4.90 Å². The average molecular weight is 335 g/mol. The van der Waals surface area contributed by atoms with Crippen LogP contribution in [0.15, 0.2) is 84.3 Å². The molecular weight excluding hydrogens is 322 g/mol. The van der Waals surface area contributed by atoms with Gasteiger partial charge in [-0.05, 0) is 42.0 Å². The molecule has 0 spiro atoms. The summed E-state index contributed by atoms with van der Waals surface area (Å²) in [6.45, 7) is 0. The van der Waals surface area contributed by atoms with Crippen molar-refractivity contribution in [3.05, 3.63) is 79.4 Å². The van der Waals surface area contributed by atoms with Crippen molar-refractivity contribution in [3.63, 3.8) is 0 Å². The molecule has 0 atom stereocenters. The number of pyridine rings is 2. The molecule has 0 fully saturated rings. The lowest BCUT2D eigenvalue weighted by atomic mass is 10.1. The van der Waals surface area contributed by atoms with Gasteiger partial charge in [0.2, 0.25) is 0 Å². The molecule has 5 nitrogen and oxygen atoms in total. The topological polar surface area (TPSA) is 64.8 Å². The second kappa shape index (κ2) is 5.58. The molecule has 3 heterocycles. The van der Waals surface area contributed by atoms with Gasteiger partial charge in [-0.25, -0.2) is 17.4 Å². The second-order valence-corrected chi connectivity index (χ2v) is 7.08. The van der Waals surface area contributed by atoms with E-state index in [2.05, 4.69) is 9.97 Å². The van der Waals surface area contributed by atoms with Crippen LogP contribution >= 0.6 is 0 Å². The van der Waals surface area contributed by atoms with E-state index >= 15 is 0 Å². The van der Waals surface area contributed by atoms with Crippen molar-refractivity contribution >= 4 is 21.1 Å². The number of hydrogen-bond donors (Lipinski definition) is 0. The van der Waals surface area contributed by atoms with Crippen LogP contribution in [0.1, 0.15) is 0 Å². The highest BCUT2D eigenvalue weighted by molar-refractivity contribution is 7.90. The minimum Gasteiger partial charge on any atom is -0.265 e. The Balaban J connectivity index is 2.01. The van der Waals surface area contributed by atoms with Crippen molar-refractivity contribution < 1.29 is 8.42 Å². The van der Waals surface area contributed by atoms with Crippen molar-refractivity contribution in [1.82, 2.24) is 13.9 Å². The number of rotatable bonds is 3. The van der Waals surface area contributed by atoms with Gasteiger partial charge in [-0.3, -0.25) is 4.98 Å². The van der Waals surface area contributed by atoms with Crippen molar-refractivity contribution in [2.45, 2.75) is 4.90 Å². The first-order valence-corrected chi connectivity index (χ1v) is 8.79. The van der Waals surface area contributed by atoms with Gasteiger partial charge in [0.25, 0.3) is 10.0 Å². The summed E-state index contributed by atoms with van der Waals surface area (Å²) in [5, 5.41) is 0.781. The van der Waals surface area contributed by atoms with E-state index in [1.54, 1.807) is 61.2 Å². The highest BCUT2D eigenvalue weighted by atomic mass is 32.2. The van der Waals surface area contributed by atoms with Crippen LogP contribution in [0.2, 0.25) is 0 Å². The van der Waals surface area contributed by atoms with Gasteiger partial charge in [-0.15, -0.1) is 0 Å². The van der Waals surface area contributed by atoms with E-state index in [1.165, 1.54) is 3.97 Å². The Labute approximate surface area is 139 Å². The molecule has 0 aliphatic rings. The van der Waals surface area contributed by atoms with Crippen molar-refractivity contribution in [1.29, 1.82) is 0 Å². The Kier molecular flexibility index (Phi) is 3.39. The molecule has 4 rings (SSSR count). The summed E-state index contributed by atoms with van der Waals surface area (Å²) in [6, 6.07) is 15.7. The third kappa shape index (κ3) is 2.28. The molecule has 4 aromatic rings. The predicted octanol–water partition coefficient (Wildman–Crippen LogP) is 3.34. The lowest BCUT2D eigenvalue weighted by Crippen LogP contribution is -2.12. The fourth-order valence-electron chi connectivity index (χ4n) is 2.68. The maximum Gasteiger partial charge on any atom is 0.269 e. The van der Waals surface area contributed by atoms with Crippen LogP contribution in [0.25, 0.3) is 22.2 Å². The molecule has 0 amide bonds. The molecule has 3 aromatic heterocycles. The van der Waals surface area contributed by atoms with Gasteiger partial charge in [-0.2, -0.15) is 0 Å². The molecule has 6 heteroatoms. The number of benzene rings is 1. The Morgan fingerprint density at radius 1 is 0.833 bits per heavy atom. The lowest BCUT2D eigenvalue weighted by molar-refractivity contribution is 0.589. The molecule has 0 radical (unpaired) electrons. The summed E-state index contributed by atoms with van der Waals surface area (Å²) in [5.74, 6) is 0. The summed E-state index contributed by atoms with van der Waals surface area (Å²) < 4.78 is 27.2. The fraction of sp³-hybridized carbons (Fsp3) is 0. The summed E-state index contributed by atoms with van der Waals surface area (Å²) >= 11 is 0. The van der Waals surface area contributed by atoms with Gasteiger partial charge >= 0.3 is 0 Å². The molecule has 118 valence electrons. The smallest absolute Gasteiger partial charge is 0.265 e. The third-order valence-corrected chi connectivity index (χ3v) is 5.49. The molecule has 0 aliphatic carbocycles. The van der Waals surface area contributed by atoms with Gasteiger partial charge < -0.3 is 0 Å². The van der Waals surface area contributed by atoms with Gasteiger partial charge in [0, 0.05) is 35.7 Å². The van der Waals surface area contributed by atoms with E-state index in [0.29, 0.717) is 5.65 Å². The largest absolute Gasteiger partial charge is 0.269 e. The zero-order chi connectivity index (χ0) is 16.6. The SMILES string of the molecule is O=S(=O)(c1ccccc1)n1cc(-c2ccncc2)c2cccnc21. The number of aromatic nitrogens is 3. The molecule has 1 aromatic carbocycles. The molecule has 0 saturated carbocycles. The van der Waals surface area contributed by atoms with Gasteiger partial charge in [0.15, 0.2) is 5.65 Å². The fourth-order valence-corrected chi connectivity index (χ4v) is 4.03. The van der Waals surface area contributed by atoms with Crippen LogP contribution in [0.4, 0.5) is 0 Å². The molecule has 0 aliphatic heterocycles. The monoisotopic (exact) mass is 335 g/mol. The summed E-state index contributed by atoms with van der Waals surface area (Å²) in [7, 11) is -3.71. The van der Waals surface area contributed by atoms with Crippen LogP contribution in [0, 0.1) is 0 Å².